The largest absolute Gasteiger partial charge is 0.547 e. The van der Waals surface area contributed by atoms with Crippen LogP contribution in [-0.4, -0.2) is 8.32 Å². The van der Waals surface area contributed by atoms with Gasteiger partial charge in [0, 0.05) is 5.92 Å². The summed E-state index contributed by atoms with van der Waals surface area (Å²) in [7, 11) is -1.38. The molecule has 0 spiro atoms. The van der Waals surface area contributed by atoms with Gasteiger partial charge in [0.2, 0.25) is 8.32 Å². The van der Waals surface area contributed by atoms with Crippen LogP contribution in [0, 0.1) is 5.92 Å². The maximum absolute atomic E-state index is 6.07. The molecular weight excluding hydrogens is 176 g/mol. The molecule has 0 saturated heterocycles. The summed E-state index contributed by atoms with van der Waals surface area (Å²) in [6, 6.07) is 0. The van der Waals surface area contributed by atoms with Gasteiger partial charge in [0.1, 0.15) is 0 Å². The lowest BCUT2D eigenvalue weighted by molar-refractivity contribution is 0.344. The molecule has 0 fully saturated rings. The van der Waals surface area contributed by atoms with Gasteiger partial charge >= 0.3 is 0 Å². The highest BCUT2D eigenvalue weighted by atomic mass is 28.4. The first kappa shape index (κ1) is 10.8. The second-order valence-electron chi connectivity index (χ2n) is 5.01. The molecular formula is C11H22OSi. The number of rotatable bonds is 2. The average Bonchev–Trinajstić information content (AvgIpc) is 2.14. The molecule has 1 nitrogen and oxygen atoms in total. The highest BCUT2D eigenvalue weighted by Crippen LogP contribution is 2.26. The van der Waals surface area contributed by atoms with Crippen molar-refractivity contribution in [2.75, 3.05) is 0 Å². The SMILES string of the molecule is C[C@H]1CCCCC=C1O[Si](C)(C)C. The summed E-state index contributed by atoms with van der Waals surface area (Å²) >= 11 is 0. The van der Waals surface area contributed by atoms with Crippen molar-refractivity contribution in [2.24, 2.45) is 5.92 Å². The highest BCUT2D eigenvalue weighted by Gasteiger charge is 2.21. The Morgan fingerprint density at radius 3 is 2.62 bits per heavy atom. The first-order chi connectivity index (χ1) is 5.99. The van der Waals surface area contributed by atoms with Crippen molar-refractivity contribution in [3.63, 3.8) is 0 Å². The van der Waals surface area contributed by atoms with Crippen LogP contribution in [0.2, 0.25) is 19.6 Å². The zero-order valence-electron chi connectivity index (χ0n) is 9.39. The summed E-state index contributed by atoms with van der Waals surface area (Å²) < 4.78 is 6.07. The molecule has 0 bridgehead atoms. The van der Waals surface area contributed by atoms with Gasteiger partial charge in [0.15, 0.2) is 0 Å². The van der Waals surface area contributed by atoms with Crippen molar-refractivity contribution in [3.05, 3.63) is 11.8 Å². The summed E-state index contributed by atoms with van der Waals surface area (Å²) in [5.74, 6) is 1.92. The zero-order chi connectivity index (χ0) is 9.90. The number of hydrogen-bond acceptors (Lipinski definition) is 1. The van der Waals surface area contributed by atoms with Crippen LogP contribution in [0.5, 0.6) is 0 Å². The van der Waals surface area contributed by atoms with Crippen molar-refractivity contribution in [1.82, 2.24) is 0 Å². The van der Waals surface area contributed by atoms with Crippen molar-refractivity contribution in [1.29, 1.82) is 0 Å². The third-order valence-corrected chi connectivity index (χ3v) is 3.19. The van der Waals surface area contributed by atoms with Gasteiger partial charge in [0.25, 0.3) is 0 Å². The van der Waals surface area contributed by atoms with Gasteiger partial charge in [-0.3, -0.25) is 0 Å². The van der Waals surface area contributed by atoms with E-state index in [1.807, 2.05) is 0 Å². The number of hydrogen-bond donors (Lipinski definition) is 0. The van der Waals surface area contributed by atoms with E-state index in [2.05, 4.69) is 32.6 Å². The van der Waals surface area contributed by atoms with Crippen LogP contribution >= 0.6 is 0 Å². The second-order valence-corrected chi connectivity index (χ2v) is 9.44. The molecule has 0 aromatic heterocycles. The molecule has 1 rings (SSSR count). The average molecular weight is 198 g/mol. The van der Waals surface area contributed by atoms with Crippen molar-refractivity contribution >= 4 is 8.32 Å². The first-order valence-corrected chi connectivity index (χ1v) is 8.79. The third kappa shape index (κ3) is 3.99. The number of allylic oxidation sites excluding steroid dienone is 2. The summed E-state index contributed by atoms with van der Waals surface area (Å²) in [4.78, 5) is 0. The molecule has 0 amide bonds. The van der Waals surface area contributed by atoms with Crippen molar-refractivity contribution in [2.45, 2.75) is 52.2 Å². The molecule has 13 heavy (non-hydrogen) atoms. The van der Waals surface area contributed by atoms with Crippen molar-refractivity contribution in [3.8, 4) is 0 Å². The van der Waals surface area contributed by atoms with E-state index in [4.69, 9.17) is 4.43 Å². The van der Waals surface area contributed by atoms with Gasteiger partial charge in [-0.2, -0.15) is 0 Å². The van der Waals surface area contributed by atoms with Crippen LogP contribution < -0.4 is 0 Å². The second kappa shape index (κ2) is 4.31. The topological polar surface area (TPSA) is 9.23 Å². The van der Waals surface area contributed by atoms with Gasteiger partial charge in [-0.15, -0.1) is 0 Å². The minimum atomic E-state index is -1.38. The first-order valence-electron chi connectivity index (χ1n) is 5.38. The molecule has 76 valence electrons. The van der Waals surface area contributed by atoms with Crippen LogP contribution in [-0.2, 0) is 4.43 Å². The van der Waals surface area contributed by atoms with E-state index in [1.54, 1.807) is 0 Å². The van der Waals surface area contributed by atoms with Crippen LogP contribution in [0.3, 0.4) is 0 Å². The lowest BCUT2D eigenvalue weighted by atomic mass is 10.1. The molecule has 1 aliphatic rings. The molecule has 1 aliphatic carbocycles. The third-order valence-electron chi connectivity index (χ3n) is 2.35. The molecule has 0 aromatic carbocycles. The molecule has 0 radical (unpaired) electrons. The lowest BCUT2D eigenvalue weighted by Crippen LogP contribution is -2.26. The van der Waals surface area contributed by atoms with E-state index in [-0.39, 0.29) is 0 Å². The highest BCUT2D eigenvalue weighted by molar-refractivity contribution is 6.70. The van der Waals surface area contributed by atoms with E-state index in [1.165, 1.54) is 31.4 Å². The standard InChI is InChI=1S/C11H22OSi/c1-10-8-6-5-7-9-11(10)12-13(2,3)4/h9-10H,5-8H2,1-4H3/t10-/m0/s1. The molecule has 0 aliphatic heterocycles. The Kier molecular flexibility index (Phi) is 3.60. The predicted molar refractivity (Wildman–Crippen MR) is 60.1 cm³/mol. The summed E-state index contributed by atoms with van der Waals surface area (Å²) in [5, 5.41) is 0. The van der Waals surface area contributed by atoms with E-state index in [0.717, 1.165) is 0 Å². The van der Waals surface area contributed by atoms with Crippen LogP contribution in [0.1, 0.15) is 32.6 Å². The fraction of sp³-hybridized carbons (Fsp3) is 0.818. The van der Waals surface area contributed by atoms with Gasteiger partial charge < -0.3 is 4.43 Å². The van der Waals surface area contributed by atoms with Gasteiger partial charge in [0.05, 0.1) is 5.76 Å². The molecule has 1 atom stereocenters. The molecule has 0 heterocycles. The maximum atomic E-state index is 6.07. The fourth-order valence-electron chi connectivity index (χ4n) is 1.68. The minimum absolute atomic E-state index is 0.647. The lowest BCUT2D eigenvalue weighted by Gasteiger charge is -2.25. The Morgan fingerprint density at radius 1 is 1.31 bits per heavy atom. The Labute approximate surface area is 83.3 Å². The van der Waals surface area contributed by atoms with Crippen LogP contribution in [0.4, 0.5) is 0 Å². The van der Waals surface area contributed by atoms with E-state index in [0.29, 0.717) is 5.92 Å². The normalized spacial score (nSPS) is 24.9. The van der Waals surface area contributed by atoms with Crippen molar-refractivity contribution < 1.29 is 4.43 Å². The van der Waals surface area contributed by atoms with Gasteiger partial charge in [-0.1, -0.05) is 13.3 Å². The smallest absolute Gasteiger partial charge is 0.241 e. The Bertz CT molecular complexity index is 191. The molecule has 0 aromatic rings. The molecule has 0 unspecified atom stereocenters. The monoisotopic (exact) mass is 198 g/mol. The Balaban J connectivity index is 2.59. The van der Waals surface area contributed by atoms with Crippen LogP contribution in [0.15, 0.2) is 11.8 Å². The molecule has 2 heteroatoms. The quantitative estimate of drug-likeness (QED) is 0.611. The van der Waals surface area contributed by atoms with Gasteiger partial charge in [-0.05, 0) is 45.0 Å². The summed E-state index contributed by atoms with van der Waals surface area (Å²) in [5.41, 5.74) is 0. The molecule has 0 saturated carbocycles. The van der Waals surface area contributed by atoms with Crippen LogP contribution in [0.25, 0.3) is 0 Å². The maximum Gasteiger partial charge on any atom is 0.241 e. The van der Waals surface area contributed by atoms with E-state index in [9.17, 15) is 0 Å². The Hall–Kier alpha value is -0.243. The summed E-state index contributed by atoms with van der Waals surface area (Å²) in [6.07, 6.45) is 7.52. The zero-order valence-corrected chi connectivity index (χ0v) is 10.4. The van der Waals surface area contributed by atoms with Gasteiger partial charge in [-0.25, -0.2) is 0 Å². The Morgan fingerprint density at radius 2 is 2.00 bits per heavy atom. The summed E-state index contributed by atoms with van der Waals surface area (Å²) in [6.45, 7) is 9.06. The van der Waals surface area contributed by atoms with E-state index >= 15 is 0 Å². The predicted octanol–water partition coefficient (Wildman–Crippen LogP) is 3.93. The minimum Gasteiger partial charge on any atom is -0.547 e. The fourth-order valence-corrected chi connectivity index (χ4v) is 2.67. The van der Waals surface area contributed by atoms with E-state index < -0.39 is 8.32 Å². The molecule has 0 N–H and O–H groups in total.